The Balaban J connectivity index is 1.48. The van der Waals surface area contributed by atoms with Crippen LogP contribution in [0.15, 0.2) is 42.6 Å². The normalized spacial score (nSPS) is 18.0. The first-order valence-electron chi connectivity index (χ1n) is 10.8. The lowest BCUT2D eigenvalue weighted by Gasteiger charge is -2.31. The molecule has 0 atom stereocenters. The Hall–Kier alpha value is -2.37. The molecule has 2 aliphatic heterocycles. The fraction of sp³-hybridized carbons (Fsp3) is 0.417. The number of likely N-dealkylation sites (tertiary alicyclic amines) is 1. The fourth-order valence-electron chi connectivity index (χ4n) is 4.64. The Kier molecular flexibility index (Phi) is 5.25. The molecule has 5 nitrogen and oxygen atoms in total. The van der Waals surface area contributed by atoms with Gasteiger partial charge in [-0.15, -0.1) is 0 Å². The zero-order chi connectivity index (χ0) is 20.7. The molecular formula is C24H27ClN4O. The highest BCUT2D eigenvalue weighted by Crippen LogP contribution is 2.25. The average Bonchev–Trinajstić information content (AvgIpc) is 3.12. The first-order chi connectivity index (χ1) is 14.6. The van der Waals surface area contributed by atoms with E-state index in [9.17, 15) is 4.79 Å². The van der Waals surface area contributed by atoms with Gasteiger partial charge in [0.25, 0.3) is 5.91 Å². The molecule has 2 aliphatic rings. The second-order valence-corrected chi connectivity index (χ2v) is 9.12. The third kappa shape index (κ3) is 3.72. The van der Waals surface area contributed by atoms with Crippen LogP contribution in [0.5, 0.6) is 0 Å². The van der Waals surface area contributed by atoms with E-state index >= 15 is 0 Å². The number of nitrogens with zero attached hydrogens (tertiary/aromatic N) is 4. The lowest BCUT2D eigenvalue weighted by atomic mass is 9.99. The number of hydrogen-bond donors (Lipinski definition) is 0. The molecule has 4 heterocycles. The predicted molar refractivity (Wildman–Crippen MR) is 119 cm³/mol. The Morgan fingerprint density at radius 3 is 2.67 bits per heavy atom. The van der Waals surface area contributed by atoms with Crippen LogP contribution in [0.3, 0.4) is 0 Å². The van der Waals surface area contributed by atoms with Gasteiger partial charge in [-0.05, 0) is 61.5 Å². The summed E-state index contributed by atoms with van der Waals surface area (Å²) < 4.78 is 2.01. The number of hydrogen-bond acceptors (Lipinski definition) is 3. The highest BCUT2D eigenvalue weighted by atomic mass is 35.5. The molecule has 0 aliphatic carbocycles. The molecule has 0 saturated carbocycles. The molecule has 0 spiro atoms. The standard InChI is InChI=1S/C24H27ClN4O/c1-17-8-11-27(12-9-17)16-21-23(26-22-7-6-20(25)15-29(21)22)24(30)28-13-10-18-4-2-3-5-19(18)14-28/h2-7,15,17H,8-14,16H2,1H3. The van der Waals surface area contributed by atoms with Crippen LogP contribution < -0.4 is 0 Å². The first-order valence-corrected chi connectivity index (χ1v) is 11.2. The summed E-state index contributed by atoms with van der Waals surface area (Å²) in [6.07, 6.45) is 5.17. The summed E-state index contributed by atoms with van der Waals surface area (Å²) in [5.74, 6) is 0.789. The zero-order valence-corrected chi connectivity index (χ0v) is 18.1. The molecule has 5 rings (SSSR count). The van der Waals surface area contributed by atoms with Crippen molar-refractivity contribution in [1.82, 2.24) is 19.2 Å². The van der Waals surface area contributed by atoms with Crippen molar-refractivity contribution in [1.29, 1.82) is 0 Å². The van der Waals surface area contributed by atoms with E-state index in [2.05, 4.69) is 30.0 Å². The lowest BCUT2D eigenvalue weighted by molar-refractivity contribution is 0.0726. The molecule has 156 valence electrons. The molecule has 0 unspecified atom stereocenters. The molecule has 1 aromatic carbocycles. The maximum atomic E-state index is 13.6. The SMILES string of the molecule is CC1CCN(Cc2c(C(=O)N3CCc4ccccc4C3)nc3ccc(Cl)cn23)CC1. The van der Waals surface area contributed by atoms with E-state index in [1.807, 2.05) is 33.7 Å². The van der Waals surface area contributed by atoms with E-state index in [1.165, 1.54) is 24.0 Å². The van der Waals surface area contributed by atoms with Crippen molar-refractivity contribution < 1.29 is 4.79 Å². The van der Waals surface area contributed by atoms with Gasteiger partial charge in [-0.1, -0.05) is 42.8 Å². The lowest BCUT2D eigenvalue weighted by Crippen LogP contribution is -2.37. The van der Waals surface area contributed by atoms with Gasteiger partial charge in [0.2, 0.25) is 0 Å². The Bertz CT molecular complexity index is 1080. The van der Waals surface area contributed by atoms with E-state index in [1.54, 1.807) is 0 Å². The highest BCUT2D eigenvalue weighted by molar-refractivity contribution is 6.30. The van der Waals surface area contributed by atoms with Crippen molar-refractivity contribution in [2.75, 3.05) is 19.6 Å². The number of benzene rings is 1. The van der Waals surface area contributed by atoms with Gasteiger partial charge in [-0.3, -0.25) is 9.69 Å². The van der Waals surface area contributed by atoms with Crippen LogP contribution in [0.1, 0.15) is 47.1 Å². The third-order valence-corrected chi connectivity index (χ3v) is 6.78. The number of carbonyl (C=O) groups excluding carboxylic acids is 1. The molecule has 6 heteroatoms. The first kappa shape index (κ1) is 19.6. The molecular weight excluding hydrogens is 396 g/mol. The van der Waals surface area contributed by atoms with Gasteiger partial charge in [0.15, 0.2) is 5.69 Å². The highest BCUT2D eigenvalue weighted by Gasteiger charge is 2.28. The number of pyridine rings is 1. The minimum atomic E-state index is 0.0182. The second kappa shape index (κ2) is 8.05. The molecule has 0 bridgehead atoms. The number of fused-ring (bicyclic) bond motifs is 2. The number of amides is 1. The van der Waals surface area contributed by atoms with E-state index in [4.69, 9.17) is 16.6 Å². The summed E-state index contributed by atoms with van der Waals surface area (Å²) in [6, 6.07) is 12.1. The number of carbonyl (C=O) groups is 1. The molecule has 2 aromatic heterocycles. The monoisotopic (exact) mass is 422 g/mol. The van der Waals surface area contributed by atoms with Crippen LogP contribution in [0.25, 0.3) is 5.65 Å². The van der Waals surface area contributed by atoms with Gasteiger partial charge in [0.1, 0.15) is 5.65 Å². The molecule has 30 heavy (non-hydrogen) atoms. The van der Waals surface area contributed by atoms with Crippen molar-refractivity contribution >= 4 is 23.2 Å². The van der Waals surface area contributed by atoms with Crippen LogP contribution in [-0.4, -0.2) is 44.7 Å². The molecule has 0 N–H and O–H groups in total. The van der Waals surface area contributed by atoms with Gasteiger partial charge in [0.05, 0.1) is 10.7 Å². The smallest absolute Gasteiger partial charge is 0.274 e. The second-order valence-electron chi connectivity index (χ2n) is 8.69. The summed E-state index contributed by atoms with van der Waals surface area (Å²) in [6.45, 7) is 6.52. The Morgan fingerprint density at radius 1 is 1.10 bits per heavy atom. The molecule has 0 radical (unpaired) electrons. The van der Waals surface area contributed by atoms with Crippen molar-refractivity contribution in [2.24, 2.45) is 5.92 Å². The summed E-state index contributed by atoms with van der Waals surface area (Å²) in [7, 11) is 0. The van der Waals surface area contributed by atoms with E-state index in [0.29, 0.717) is 17.3 Å². The predicted octanol–water partition coefficient (Wildman–Crippen LogP) is 4.42. The van der Waals surface area contributed by atoms with Crippen molar-refractivity contribution in [3.05, 3.63) is 70.1 Å². The largest absolute Gasteiger partial charge is 0.333 e. The molecule has 1 fully saturated rings. The van der Waals surface area contributed by atoms with E-state index in [-0.39, 0.29) is 5.91 Å². The minimum Gasteiger partial charge on any atom is -0.333 e. The van der Waals surface area contributed by atoms with Gasteiger partial charge in [-0.2, -0.15) is 0 Å². The van der Waals surface area contributed by atoms with Crippen LogP contribution in [0.2, 0.25) is 5.02 Å². The maximum Gasteiger partial charge on any atom is 0.274 e. The number of rotatable bonds is 3. The van der Waals surface area contributed by atoms with Crippen LogP contribution >= 0.6 is 11.6 Å². The minimum absolute atomic E-state index is 0.0182. The summed E-state index contributed by atoms with van der Waals surface area (Å²) in [5.41, 5.74) is 4.86. The quantitative estimate of drug-likeness (QED) is 0.627. The zero-order valence-electron chi connectivity index (χ0n) is 17.4. The van der Waals surface area contributed by atoms with Crippen molar-refractivity contribution in [2.45, 2.75) is 39.3 Å². The Labute approximate surface area is 182 Å². The molecule has 3 aromatic rings. The van der Waals surface area contributed by atoms with Crippen LogP contribution in [0, 0.1) is 5.92 Å². The fourth-order valence-corrected chi connectivity index (χ4v) is 4.80. The average molecular weight is 423 g/mol. The third-order valence-electron chi connectivity index (χ3n) is 6.55. The van der Waals surface area contributed by atoms with Crippen LogP contribution in [0.4, 0.5) is 0 Å². The number of imidazole rings is 1. The topological polar surface area (TPSA) is 40.9 Å². The number of halogens is 1. The number of aromatic nitrogens is 2. The van der Waals surface area contributed by atoms with Gasteiger partial charge >= 0.3 is 0 Å². The van der Waals surface area contributed by atoms with Crippen molar-refractivity contribution in [3.8, 4) is 0 Å². The van der Waals surface area contributed by atoms with Gasteiger partial charge in [0, 0.05) is 25.8 Å². The van der Waals surface area contributed by atoms with Crippen LogP contribution in [-0.2, 0) is 19.5 Å². The van der Waals surface area contributed by atoms with E-state index in [0.717, 1.165) is 49.9 Å². The Morgan fingerprint density at radius 2 is 1.87 bits per heavy atom. The molecule has 1 amide bonds. The maximum absolute atomic E-state index is 13.6. The van der Waals surface area contributed by atoms with Gasteiger partial charge < -0.3 is 9.30 Å². The summed E-state index contributed by atoms with van der Waals surface area (Å²) in [4.78, 5) is 22.7. The number of piperidine rings is 1. The molecule has 1 saturated heterocycles. The van der Waals surface area contributed by atoms with Gasteiger partial charge in [-0.25, -0.2) is 4.98 Å². The van der Waals surface area contributed by atoms with Crippen molar-refractivity contribution in [3.63, 3.8) is 0 Å². The van der Waals surface area contributed by atoms with E-state index < -0.39 is 0 Å². The summed E-state index contributed by atoms with van der Waals surface area (Å²) in [5, 5.41) is 0.652. The summed E-state index contributed by atoms with van der Waals surface area (Å²) >= 11 is 6.29.